The van der Waals surface area contributed by atoms with Gasteiger partial charge in [0.1, 0.15) is 0 Å². The Labute approximate surface area is 172 Å². The Bertz CT molecular complexity index is 808. The van der Waals surface area contributed by atoms with E-state index in [4.69, 9.17) is 0 Å². The molecule has 0 aromatic heterocycles. The minimum absolute atomic E-state index is 0.196. The smallest absolute Gasteiger partial charge is 0.315 e. The molecule has 6 nitrogen and oxygen atoms in total. The van der Waals surface area contributed by atoms with Crippen molar-refractivity contribution >= 4 is 11.9 Å². The molecule has 2 heterocycles. The number of nitrogens with one attached hydrogen (secondary N) is 1. The normalized spacial score (nSPS) is 20.1. The summed E-state index contributed by atoms with van der Waals surface area (Å²) in [4.78, 5) is 32.5. The van der Waals surface area contributed by atoms with Crippen molar-refractivity contribution in [3.8, 4) is 0 Å². The third-order valence-corrected chi connectivity index (χ3v) is 5.97. The molecule has 2 aliphatic rings. The molecule has 2 aromatic carbocycles. The predicted molar refractivity (Wildman–Crippen MR) is 112 cm³/mol. The minimum Gasteiger partial charge on any atom is -0.315 e. The van der Waals surface area contributed by atoms with E-state index >= 15 is 0 Å². The molecule has 2 fully saturated rings. The molecule has 152 valence electrons. The fourth-order valence-electron chi connectivity index (χ4n) is 4.24. The van der Waals surface area contributed by atoms with Crippen LogP contribution in [0.1, 0.15) is 17.5 Å². The maximum Gasteiger partial charge on any atom is 0.325 e. The quantitative estimate of drug-likeness (QED) is 0.765. The number of likely N-dealkylation sites (N-methyl/N-ethyl adjacent to an activating group) is 1. The number of hydrogen-bond acceptors (Lipinski definition) is 4. The second-order valence-electron chi connectivity index (χ2n) is 7.87. The van der Waals surface area contributed by atoms with Crippen molar-refractivity contribution in [2.24, 2.45) is 0 Å². The first-order valence-corrected chi connectivity index (χ1v) is 10.3. The number of urea groups is 1. The highest BCUT2D eigenvalue weighted by Gasteiger charge is 2.53. The number of amides is 3. The summed E-state index contributed by atoms with van der Waals surface area (Å²) in [6.45, 7) is 5.53. The molecule has 0 saturated carbocycles. The molecule has 4 rings (SSSR count). The van der Waals surface area contributed by atoms with Gasteiger partial charge in [0.25, 0.3) is 5.91 Å². The molecule has 6 heteroatoms. The first-order valence-electron chi connectivity index (χ1n) is 10.3. The average molecular weight is 393 g/mol. The molecule has 2 aromatic rings. The predicted octanol–water partition coefficient (Wildman–Crippen LogP) is 2.12. The molecule has 0 atom stereocenters. The molecule has 2 saturated heterocycles. The second kappa shape index (κ2) is 8.35. The molecular formula is C23H28N4O2. The lowest BCUT2D eigenvalue weighted by Crippen LogP contribution is -2.46. The summed E-state index contributed by atoms with van der Waals surface area (Å²) in [5.41, 5.74) is 0.408. The van der Waals surface area contributed by atoms with Crippen molar-refractivity contribution in [1.29, 1.82) is 0 Å². The van der Waals surface area contributed by atoms with Crippen molar-refractivity contribution < 1.29 is 9.59 Å². The molecule has 0 bridgehead atoms. The number of imide groups is 1. The fraction of sp³-hybridized carbons (Fsp3) is 0.391. The Morgan fingerprint density at radius 1 is 0.828 bits per heavy atom. The van der Waals surface area contributed by atoms with E-state index in [1.165, 1.54) is 4.90 Å². The summed E-state index contributed by atoms with van der Waals surface area (Å²) in [6.07, 6.45) is 0.780. The van der Waals surface area contributed by atoms with Crippen LogP contribution in [0.2, 0.25) is 0 Å². The van der Waals surface area contributed by atoms with Gasteiger partial charge in [-0.2, -0.15) is 0 Å². The minimum atomic E-state index is -1.16. The van der Waals surface area contributed by atoms with E-state index in [2.05, 4.69) is 22.2 Å². The van der Waals surface area contributed by atoms with Gasteiger partial charge in [-0.05, 0) is 31.1 Å². The van der Waals surface area contributed by atoms with E-state index in [1.807, 2.05) is 60.7 Å². The number of carbonyl (C=O) groups is 2. The number of rotatable bonds is 6. The van der Waals surface area contributed by atoms with Gasteiger partial charge in [-0.15, -0.1) is 0 Å². The summed E-state index contributed by atoms with van der Waals surface area (Å²) in [6, 6.07) is 18.7. The van der Waals surface area contributed by atoms with Gasteiger partial charge < -0.3 is 15.1 Å². The molecule has 0 radical (unpaired) electrons. The van der Waals surface area contributed by atoms with E-state index < -0.39 is 5.54 Å². The highest BCUT2D eigenvalue weighted by atomic mass is 16.2. The number of nitrogens with zero attached hydrogens (tertiary/aromatic N) is 3. The lowest BCUT2D eigenvalue weighted by molar-refractivity contribution is -0.130. The Kier molecular flexibility index (Phi) is 5.65. The fourth-order valence-corrected chi connectivity index (χ4v) is 4.24. The zero-order valence-electron chi connectivity index (χ0n) is 16.9. The number of piperazine rings is 1. The molecule has 2 aliphatic heterocycles. The monoisotopic (exact) mass is 392 g/mol. The summed E-state index contributed by atoms with van der Waals surface area (Å²) < 4.78 is 0. The zero-order chi connectivity index (χ0) is 20.3. The standard InChI is InChI=1S/C23H28N4O2/c1-25-15-17-26(18-16-25)13-8-14-27-21(28)23(24-22(27)29,19-9-4-2-5-10-19)20-11-6-3-7-12-20/h2-7,9-12H,8,13-18H2,1H3,(H,24,29). The van der Waals surface area contributed by atoms with Crippen molar-refractivity contribution in [1.82, 2.24) is 20.0 Å². The van der Waals surface area contributed by atoms with Crippen LogP contribution in [-0.4, -0.2) is 73.0 Å². The van der Waals surface area contributed by atoms with Crippen molar-refractivity contribution in [2.45, 2.75) is 12.0 Å². The third-order valence-electron chi connectivity index (χ3n) is 5.97. The average Bonchev–Trinajstić information content (AvgIpc) is 3.02. The van der Waals surface area contributed by atoms with Gasteiger partial charge in [-0.1, -0.05) is 60.7 Å². The van der Waals surface area contributed by atoms with E-state index in [1.54, 1.807) is 0 Å². The molecule has 1 N–H and O–H groups in total. The van der Waals surface area contributed by atoms with E-state index in [0.29, 0.717) is 6.54 Å². The summed E-state index contributed by atoms with van der Waals surface area (Å²) >= 11 is 0. The molecule has 29 heavy (non-hydrogen) atoms. The summed E-state index contributed by atoms with van der Waals surface area (Å²) in [5.74, 6) is -0.196. The van der Waals surface area contributed by atoms with Crippen LogP contribution in [0.5, 0.6) is 0 Å². The topological polar surface area (TPSA) is 55.9 Å². The van der Waals surface area contributed by atoms with Crippen LogP contribution in [0.15, 0.2) is 60.7 Å². The van der Waals surface area contributed by atoms with Crippen LogP contribution < -0.4 is 5.32 Å². The molecule has 0 aliphatic carbocycles. The maximum atomic E-state index is 13.6. The number of carbonyl (C=O) groups excluding carboxylic acids is 2. The Morgan fingerprint density at radius 3 is 1.93 bits per heavy atom. The van der Waals surface area contributed by atoms with Crippen LogP contribution in [0, 0.1) is 0 Å². The molecule has 0 unspecified atom stereocenters. The second-order valence-corrected chi connectivity index (χ2v) is 7.87. The van der Waals surface area contributed by atoms with Gasteiger partial charge in [0.15, 0.2) is 5.54 Å². The van der Waals surface area contributed by atoms with Crippen LogP contribution >= 0.6 is 0 Å². The Hall–Kier alpha value is -2.70. The summed E-state index contributed by atoms with van der Waals surface area (Å²) in [5, 5.41) is 3.01. The van der Waals surface area contributed by atoms with E-state index in [9.17, 15) is 9.59 Å². The highest BCUT2D eigenvalue weighted by Crippen LogP contribution is 2.35. The van der Waals surface area contributed by atoms with Crippen molar-refractivity contribution in [3.05, 3.63) is 71.8 Å². The molecule has 3 amide bonds. The molecule has 0 spiro atoms. The van der Waals surface area contributed by atoms with Gasteiger partial charge in [-0.25, -0.2) is 4.79 Å². The number of hydrogen-bond donors (Lipinski definition) is 1. The molecular weight excluding hydrogens is 364 g/mol. The highest BCUT2D eigenvalue weighted by molar-refractivity contribution is 6.09. The first-order chi connectivity index (χ1) is 14.1. The Morgan fingerprint density at radius 2 is 1.38 bits per heavy atom. The Balaban J connectivity index is 1.53. The van der Waals surface area contributed by atoms with Gasteiger partial charge in [0.05, 0.1) is 0 Å². The van der Waals surface area contributed by atoms with Crippen LogP contribution in [-0.2, 0) is 10.3 Å². The lowest BCUT2D eigenvalue weighted by atomic mass is 9.82. The van der Waals surface area contributed by atoms with Gasteiger partial charge in [0.2, 0.25) is 0 Å². The largest absolute Gasteiger partial charge is 0.325 e. The lowest BCUT2D eigenvalue weighted by Gasteiger charge is -2.32. The third kappa shape index (κ3) is 3.78. The van der Waals surface area contributed by atoms with Crippen LogP contribution in [0.4, 0.5) is 4.79 Å². The van der Waals surface area contributed by atoms with Crippen molar-refractivity contribution in [3.63, 3.8) is 0 Å². The zero-order valence-corrected chi connectivity index (χ0v) is 16.9. The van der Waals surface area contributed by atoms with E-state index in [0.717, 1.165) is 50.3 Å². The SMILES string of the molecule is CN1CCN(CCCN2C(=O)NC(c3ccccc3)(c3ccccc3)C2=O)CC1. The number of benzene rings is 2. The first kappa shape index (κ1) is 19.6. The van der Waals surface area contributed by atoms with Crippen LogP contribution in [0.25, 0.3) is 0 Å². The van der Waals surface area contributed by atoms with E-state index in [-0.39, 0.29) is 11.9 Å². The van der Waals surface area contributed by atoms with Gasteiger partial charge in [-0.3, -0.25) is 9.69 Å². The van der Waals surface area contributed by atoms with Gasteiger partial charge in [0, 0.05) is 32.7 Å². The van der Waals surface area contributed by atoms with Crippen molar-refractivity contribution in [2.75, 3.05) is 46.3 Å². The van der Waals surface area contributed by atoms with Gasteiger partial charge >= 0.3 is 6.03 Å². The maximum absolute atomic E-state index is 13.6. The van der Waals surface area contributed by atoms with Crippen LogP contribution in [0.3, 0.4) is 0 Å². The summed E-state index contributed by atoms with van der Waals surface area (Å²) in [7, 11) is 2.14.